The van der Waals surface area contributed by atoms with Crippen molar-refractivity contribution in [3.63, 3.8) is 0 Å². The summed E-state index contributed by atoms with van der Waals surface area (Å²) in [4.78, 5) is 28.0. The van der Waals surface area contributed by atoms with Crippen molar-refractivity contribution in [1.82, 2.24) is 15.6 Å². The number of aromatic nitrogens is 1. The second kappa shape index (κ2) is 9.41. The van der Waals surface area contributed by atoms with E-state index in [1.54, 1.807) is 31.5 Å². The van der Waals surface area contributed by atoms with Crippen LogP contribution in [0, 0.1) is 6.92 Å². The number of amides is 2. The van der Waals surface area contributed by atoms with E-state index in [9.17, 15) is 9.59 Å². The van der Waals surface area contributed by atoms with E-state index in [1.807, 2.05) is 19.1 Å². The number of carbonyl (C=O) groups excluding carboxylic acids is 2. The van der Waals surface area contributed by atoms with E-state index in [4.69, 9.17) is 9.47 Å². The predicted molar refractivity (Wildman–Crippen MR) is 97.1 cm³/mol. The van der Waals surface area contributed by atoms with Crippen molar-refractivity contribution in [1.29, 1.82) is 0 Å². The largest absolute Gasteiger partial charge is 0.497 e. The lowest BCUT2D eigenvalue weighted by atomic mass is 10.2. The van der Waals surface area contributed by atoms with Gasteiger partial charge in [0.2, 0.25) is 0 Å². The van der Waals surface area contributed by atoms with Gasteiger partial charge in [-0.3, -0.25) is 14.6 Å². The van der Waals surface area contributed by atoms with E-state index in [0.717, 1.165) is 16.8 Å². The first-order valence-corrected chi connectivity index (χ1v) is 8.22. The molecule has 0 aliphatic carbocycles. The number of hydrogen-bond acceptors (Lipinski definition) is 5. The lowest BCUT2D eigenvalue weighted by molar-refractivity contribution is -0.139. The van der Waals surface area contributed by atoms with Crippen molar-refractivity contribution < 1.29 is 19.1 Å². The Labute approximate surface area is 152 Å². The van der Waals surface area contributed by atoms with Gasteiger partial charge in [0.05, 0.1) is 14.2 Å². The molecule has 2 N–H and O–H groups in total. The molecule has 2 amide bonds. The van der Waals surface area contributed by atoms with Gasteiger partial charge >= 0.3 is 11.8 Å². The van der Waals surface area contributed by atoms with Crippen molar-refractivity contribution in [3.8, 4) is 11.5 Å². The van der Waals surface area contributed by atoms with Gasteiger partial charge in [-0.1, -0.05) is 6.07 Å². The van der Waals surface area contributed by atoms with E-state index < -0.39 is 11.8 Å². The second-order valence-corrected chi connectivity index (χ2v) is 5.69. The molecule has 0 fully saturated rings. The van der Waals surface area contributed by atoms with Crippen LogP contribution in [0.15, 0.2) is 36.5 Å². The maximum Gasteiger partial charge on any atom is 0.309 e. The highest BCUT2D eigenvalue weighted by Gasteiger charge is 2.14. The number of nitrogens with zero attached hydrogens (tertiary/aromatic N) is 1. The molecular weight excluding hydrogens is 334 g/mol. The third-order valence-electron chi connectivity index (χ3n) is 3.78. The van der Waals surface area contributed by atoms with E-state index in [2.05, 4.69) is 15.6 Å². The molecule has 0 saturated heterocycles. The average molecular weight is 357 g/mol. The summed E-state index contributed by atoms with van der Waals surface area (Å²) in [6.07, 6.45) is 2.33. The average Bonchev–Trinajstić information content (AvgIpc) is 2.67. The fraction of sp³-hybridized carbons (Fsp3) is 0.316. The molecule has 0 atom stereocenters. The van der Waals surface area contributed by atoms with Gasteiger partial charge in [0.1, 0.15) is 11.5 Å². The van der Waals surface area contributed by atoms with Crippen LogP contribution in [0.25, 0.3) is 0 Å². The maximum atomic E-state index is 11.9. The van der Waals surface area contributed by atoms with Crippen LogP contribution in [0.4, 0.5) is 0 Å². The minimum atomic E-state index is -0.695. The smallest absolute Gasteiger partial charge is 0.309 e. The number of rotatable bonds is 7. The molecule has 1 aromatic heterocycles. The van der Waals surface area contributed by atoms with Crippen molar-refractivity contribution in [2.75, 3.05) is 20.8 Å². The zero-order valence-corrected chi connectivity index (χ0v) is 15.2. The van der Waals surface area contributed by atoms with Gasteiger partial charge in [0.15, 0.2) is 0 Å². The van der Waals surface area contributed by atoms with Crippen LogP contribution in [0.5, 0.6) is 11.5 Å². The van der Waals surface area contributed by atoms with Crippen LogP contribution in [-0.2, 0) is 22.6 Å². The molecule has 0 unspecified atom stereocenters. The topological polar surface area (TPSA) is 89.5 Å². The van der Waals surface area contributed by atoms with Crippen molar-refractivity contribution >= 4 is 11.8 Å². The molecule has 0 aliphatic rings. The van der Waals surface area contributed by atoms with Crippen LogP contribution in [0.3, 0.4) is 0 Å². The summed E-state index contributed by atoms with van der Waals surface area (Å²) < 4.78 is 10.4. The van der Waals surface area contributed by atoms with Gasteiger partial charge < -0.3 is 20.1 Å². The van der Waals surface area contributed by atoms with Gasteiger partial charge in [-0.15, -0.1) is 0 Å². The minimum Gasteiger partial charge on any atom is -0.497 e. The van der Waals surface area contributed by atoms with E-state index in [-0.39, 0.29) is 6.54 Å². The van der Waals surface area contributed by atoms with E-state index >= 15 is 0 Å². The molecule has 0 aliphatic heterocycles. The summed E-state index contributed by atoms with van der Waals surface area (Å²) in [7, 11) is 3.10. The van der Waals surface area contributed by atoms with Crippen LogP contribution in [-0.4, -0.2) is 37.6 Å². The predicted octanol–water partition coefficient (Wildman–Crippen LogP) is 1.38. The van der Waals surface area contributed by atoms with Crippen LogP contribution in [0.1, 0.15) is 16.8 Å². The summed E-state index contributed by atoms with van der Waals surface area (Å²) in [6, 6.07) is 9.12. The van der Waals surface area contributed by atoms with Crippen molar-refractivity contribution in [3.05, 3.63) is 53.3 Å². The van der Waals surface area contributed by atoms with Gasteiger partial charge in [-0.25, -0.2) is 0 Å². The SMILES string of the molecule is COc1ccc(CNC(=O)C(=O)NCCc2ccc(C)cn2)c(OC)c1. The molecule has 1 aromatic carbocycles. The fourth-order valence-corrected chi connectivity index (χ4v) is 2.28. The molecule has 7 heteroatoms. The Kier molecular flexibility index (Phi) is 6.96. The lowest BCUT2D eigenvalue weighted by Crippen LogP contribution is -2.40. The highest BCUT2D eigenvalue weighted by molar-refractivity contribution is 6.35. The summed E-state index contributed by atoms with van der Waals surface area (Å²) in [5.74, 6) is -0.140. The molecule has 138 valence electrons. The number of hydrogen-bond donors (Lipinski definition) is 2. The number of benzene rings is 1. The van der Waals surface area contributed by atoms with E-state index in [1.165, 1.54) is 7.11 Å². The summed E-state index contributed by atoms with van der Waals surface area (Å²) in [5.41, 5.74) is 2.68. The monoisotopic (exact) mass is 357 g/mol. The number of methoxy groups -OCH3 is 2. The first-order chi connectivity index (χ1) is 12.5. The van der Waals surface area contributed by atoms with Crippen LogP contribution < -0.4 is 20.1 Å². The zero-order valence-electron chi connectivity index (χ0n) is 15.2. The Morgan fingerprint density at radius 3 is 2.46 bits per heavy atom. The Morgan fingerprint density at radius 1 is 1.04 bits per heavy atom. The van der Waals surface area contributed by atoms with Crippen LogP contribution in [0.2, 0.25) is 0 Å². The molecule has 1 heterocycles. The first-order valence-electron chi connectivity index (χ1n) is 8.22. The number of ether oxygens (including phenoxy) is 2. The molecule has 26 heavy (non-hydrogen) atoms. The van der Waals surface area contributed by atoms with Gasteiger partial charge in [0, 0.05) is 43.0 Å². The van der Waals surface area contributed by atoms with Crippen LogP contribution >= 0.6 is 0 Å². The summed E-state index contributed by atoms with van der Waals surface area (Å²) in [5, 5.41) is 5.17. The maximum absolute atomic E-state index is 11.9. The highest BCUT2D eigenvalue weighted by Crippen LogP contribution is 2.24. The van der Waals surface area contributed by atoms with Gasteiger partial charge in [-0.05, 0) is 30.7 Å². The normalized spacial score (nSPS) is 10.1. The Balaban J connectivity index is 1.80. The molecular formula is C19H23N3O4. The number of nitrogens with one attached hydrogen (secondary N) is 2. The Morgan fingerprint density at radius 2 is 1.81 bits per heavy atom. The molecule has 0 radical (unpaired) electrons. The van der Waals surface area contributed by atoms with Crippen molar-refractivity contribution in [2.45, 2.75) is 19.9 Å². The zero-order chi connectivity index (χ0) is 18.9. The molecule has 2 aromatic rings. The summed E-state index contributed by atoms with van der Waals surface area (Å²) >= 11 is 0. The van der Waals surface area contributed by atoms with Gasteiger partial charge in [-0.2, -0.15) is 0 Å². The third-order valence-corrected chi connectivity index (χ3v) is 3.78. The quantitative estimate of drug-likeness (QED) is 0.731. The minimum absolute atomic E-state index is 0.180. The van der Waals surface area contributed by atoms with Crippen molar-refractivity contribution in [2.24, 2.45) is 0 Å². The molecule has 0 saturated carbocycles. The van der Waals surface area contributed by atoms with Gasteiger partial charge in [0.25, 0.3) is 0 Å². The second-order valence-electron chi connectivity index (χ2n) is 5.69. The fourth-order valence-electron chi connectivity index (χ4n) is 2.28. The molecule has 7 nitrogen and oxygen atoms in total. The summed E-state index contributed by atoms with van der Waals surface area (Å²) in [6.45, 7) is 2.48. The Bertz CT molecular complexity index is 760. The first kappa shape index (κ1) is 19.2. The standard InChI is InChI=1S/C19H23N3O4/c1-13-4-6-15(21-11-13)8-9-20-18(23)19(24)22-12-14-5-7-16(25-2)10-17(14)26-3/h4-7,10-11H,8-9,12H2,1-3H3,(H,20,23)(H,22,24). The molecule has 0 spiro atoms. The number of pyridine rings is 1. The number of aryl methyl sites for hydroxylation is 1. The molecule has 0 bridgehead atoms. The lowest BCUT2D eigenvalue weighted by Gasteiger charge is -2.11. The number of carbonyl (C=O) groups is 2. The Hall–Kier alpha value is -3.09. The van der Waals surface area contributed by atoms with E-state index in [0.29, 0.717) is 24.5 Å². The highest BCUT2D eigenvalue weighted by atomic mass is 16.5. The molecule has 2 rings (SSSR count). The third kappa shape index (κ3) is 5.47.